The second kappa shape index (κ2) is 4.61. The van der Waals surface area contributed by atoms with Gasteiger partial charge in [0, 0.05) is 13.1 Å². The van der Waals surface area contributed by atoms with Crippen LogP contribution in [-0.2, 0) is 14.4 Å². The fraction of sp³-hybridized carbons (Fsp3) is 0.700. The highest BCUT2D eigenvalue weighted by molar-refractivity contribution is 6.02. The van der Waals surface area contributed by atoms with E-state index in [0.29, 0.717) is 0 Å². The van der Waals surface area contributed by atoms with Crippen LogP contribution < -0.4 is 5.32 Å². The van der Waals surface area contributed by atoms with Crippen molar-refractivity contribution in [2.75, 3.05) is 32.7 Å². The number of carbonyl (C=O) groups is 3. The third-order valence-corrected chi connectivity index (χ3v) is 2.91. The first-order chi connectivity index (χ1) is 7.68. The Kier molecular flexibility index (Phi) is 3.19. The lowest BCUT2D eigenvalue weighted by atomic mass is 10.3. The molecule has 3 amide bonds. The van der Waals surface area contributed by atoms with E-state index in [1.165, 1.54) is 0 Å². The van der Waals surface area contributed by atoms with Crippen LogP contribution in [-0.4, -0.2) is 60.2 Å². The van der Waals surface area contributed by atoms with E-state index in [1.807, 2.05) is 0 Å². The van der Waals surface area contributed by atoms with Crippen LogP contribution in [0.3, 0.4) is 0 Å². The smallest absolute Gasteiger partial charge is 0.243 e. The maximum absolute atomic E-state index is 11.8. The summed E-state index contributed by atoms with van der Waals surface area (Å²) in [6, 6.07) is 0. The minimum Gasteiger partial charge on any atom is -0.341 e. The molecule has 0 radical (unpaired) electrons. The van der Waals surface area contributed by atoms with Crippen LogP contribution in [0, 0.1) is 0 Å². The molecule has 2 rings (SSSR count). The largest absolute Gasteiger partial charge is 0.341 e. The van der Waals surface area contributed by atoms with Gasteiger partial charge < -0.3 is 4.90 Å². The van der Waals surface area contributed by atoms with Gasteiger partial charge in [0.25, 0.3) is 0 Å². The lowest BCUT2D eigenvalue weighted by molar-refractivity contribution is -0.151. The van der Waals surface area contributed by atoms with E-state index in [9.17, 15) is 14.4 Å². The predicted octanol–water partition coefficient (Wildman–Crippen LogP) is -1.43. The molecule has 0 bridgehead atoms. The molecule has 2 aliphatic heterocycles. The van der Waals surface area contributed by atoms with E-state index < -0.39 is 0 Å². The van der Waals surface area contributed by atoms with Crippen molar-refractivity contribution in [1.29, 1.82) is 0 Å². The van der Waals surface area contributed by atoms with Crippen LogP contribution in [0.5, 0.6) is 0 Å². The van der Waals surface area contributed by atoms with E-state index in [4.69, 9.17) is 0 Å². The zero-order valence-electron chi connectivity index (χ0n) is 9.07. The summed E-state index contributed by atoms with van der Waals surface area (Å²) in [5, 5.41) is 2.69. The maximum atomic E-state index is 11.8. The molecule has 88 valence electrons. The maximum Gasteiger partial charge on any atom is 0.243 e. The van der Waals surface area contributed by atoms with Crippen LogP contribution in [0.4, 0.5) is 0 Å². The summed E-state index contributed by atoms with van der Waals surface area (Å²) in [6.07, 6.45) is 2.02. The van der Waals surface area contributed by atoms with Gasteiger partial charge in [0.15, 0.2) is 0 Å². The first-order valence-electron chi connectivity index (χ1n) is 5.50. The van der Waals surface area contributed by atoms with Gasteiger partial charge in [0.1, 0.15) is 6.54 Å². The molecule has 0 unspecified atom stereocenters. The zero-order chi connectivity index (χ0) is 11.5. The molecular formula is C10H15N3O3. The zero-order valence-corrected chi connectivity index (χ0v) is 9.07. The molecule has 0 aromatic rings. The van der Waals surface area contributed by atoms with Crippen LogP contribution in [0.15, 0.2) is 0 Å². The van der Waals surface area contributed by atoms with Gasteiger partial charge in [0.05, 0.1) is 13.1 Å². The summed E-state index contributed by atoms with van der Waals surface area (Å²) >= 11 is 0. The lowest BCUT2D eigenvalue weighted by Crippen LogP contribution is -2.55. The van der Waals surface area contributed by atoms with Gasteiger partial charge in [0.2, 0.25) is 17.7 Å². The Morgan fingerprint density at radius 1 is 1.12 bits per heavy atom. The van der Waals surface area contributed by atoms with Crippen LogP contribution >= 0.6 is 0 Å². The van der Waals surface area contributed by atoms with Crippen molar-refractivity contribution in [3.8, 4) is 0 Å². The Hall–Kier alpha value is -1.43. The fourth-order valence-corrected chi connectivity index (χ4v) is 1.98. The van der Waals surface area contributed by atoms with Crippen molar-refractivity contribution in [2.24, 2.45) is 0 Å². The third-order valence-electron chi connectivity index (χ3n) is 2.91. The molecule has 6 nitrogen and oxygen atoms in total. The number of nitrogens with zero attached hydrogens (tertiary/aromatic N) is 2. The highest BCUT2D eigenvalue weighted by Crippen LogP contribution is 2.08. The van der Waals surface area contributed by atoms with Crippen LogP contribution in [0.2, 0.25) is 0 Å². The third kappa shape index (κ3) is 2.21. The minimum atomic E-state index is -0.316. The average molecular weight is 225 g/mol. The second-order valence-electron chi connectivity index (χ2n) is 4.07. The van der Waals surface area contributed by atoms with Crippen molar-refractivity contribution >= 4 is 17.7 Å². The summed E-state index contributed by atoms with van der Waals surface area (Å²) in [4.78, 5) is 37.4. The molecule has 0 aromatic heterocycles. The second-order valence-corrected chi connectivity index (χ2v) is 4.07. The van der Waals surface area contributed by atoms with Crippen molar-refractivity contribution in [3.05, 3.63) is 0 Å². The number of amides is 3. The first kappa shape index (κ1) is 11.1. The molecule has 16 heavy (non-hydrogen) atoms. The van der Waals surface area contributed by atoms with Crippen LogP contribution in [0.25, 0.3) is 0 Å². The van der Waals surface area contributed by atoms with Gasteiger partial charge >= 0.3 is 0 Å². The number of piperazine rings is 1. The molecule has 0 aliphatic carbocycles. The number of carbonyl (C=O) groups excluding carboxylic acids is 3. The Balaban J connectivity index is 1.94. The van der Waals surface area contributed by atoms with E-state index >= 15 is 0 Å². The van der Waals surface area contributed by atoms with E-state index in [0.717, 1.165) is 30.8 Å². The summed E-state index contributed by atoms with van der Waals surface area (Å²) in [7, 11) is 0. The molecule has 2 fully saturated rings. The molecule has 2 heterocycles. The van der Waals surface area contributed by atoms with Crippen molar-refractivity contribution < 1.29 is 14.4 Å². The number of hydrogen-bond acceptors (Lipinski definition) is 4. The number of rotatable bonds is 2. The number of nitrogens with one attached hydrogen (secondary N) is 1. The van der Waals surface area contributed by atoms with Gasteiger partial charge in [-0.1, -0.05) is 0 Å². The standard InChI is InChI=1S/C10H15N3O3/c14-8-5-11-6-9(15)13(8)7-10(16)12-3-1-2-4-12/h11H,1-7H2. The predicted molar refractivity (Wildman–Crippen MR) is 55.4 cm³/mol. The number of hydrogen-bond donors (Lipinski definition) is 1. The van der Waals surface area contributed by atoms with E-state index in [-0.39, 0.29) is 37.4 Å². The first-order valence-corrected chi connectivity index (χ1v) is 5.50. The van der Waals surface area contributed by atoms with E-state index in [2.05, 4.69) is 5.32 Å². The molecule has 0 atom stereocenters. The fourth-order valence-electron chi connectivity index (χ4n) is 1.98. The lowest BCUT2D eigenvalue weighted by Gasteiger charge is -2.26. The van der Waals surface area contributed by atoms with Gasteiger partial charge in [-0.2, -0.15) is 0 Å². The quantitative estimate of drug-likeness (QED) is 0.585. The van der Waals surface area contributed by atoms with Gasteiger partial charge in [-0.05, 0) is 12.8 Å². The Labute approximate surface area is 93.6 Å². The molecule has 6 heteroatoms. The topological polar surface area (TPSA) is 69.7 Å². The molecule has 1 N–H and O–H groups in total. The van der Waals surface area contributed by atoms with Gasteiger partial charge in [-0.25, -0.2) is 0 Å². The molecule has 0 saturated carbocycles. The number of imide groups is 1. The molecule has 2 aliphatic rings. The normalized spacial score (nSPS) is 21.8. The van der Waals surface area contributed by atoms with E-state index in [1.54, 1.807) is 4.90 Å². The average Bonchev–Trinajstić information content (AvgIpc) is 2.76. The summed E-state index contributed by atoms with van der Waals surface area (Å²) < 4.78 is 0. The van der Waals surface area contributed by atoms with Crippen LogP contribution in [0.1, 0.15) is 12.8 Å². The monoisotopic (exact) mass is 225 g/mol. The Morgan fingerprint density at radius 2 is 1.69 bits per heavy atom. The minimum absolute atomic E-state index is 0.0979. The SMILES string of the molecule is O=C(CN1C(=O)CNCC1=O)N1CCCC1. The molecule has 0 spiro atoms. The molecule has 0 aromatic carbocycles. The summed E-state index contributed by atoms with van der Waals surface area (Å²) in [6.45, 7) is 1.66. The molecule has 2 saturated heterocycles. The molecular weight excluding hydrogens is 210 g/mol. The van der Waals surface area contributed by atoms with Crippen molar-refractivity contribution in [3.63, 3.8) is 0 Å². The highest BCUT2D eigenvalue weighted by atomic mass is 16.2. The summed E-state index contributed by atoms with van der Waals surface area (Å²) in [5.74, 6) is -0.756. The van der Waals surface area contributed by atoms with Crippen molar-refractivity contribution in [1.82, 2.24) is 15.1 Å². The van der Waals surface area contributed by atoms with Crippen molar-refractivity contribution in [2.45, 2.75) is 12.8 Å². The Morgan fingerprint density at radius 3 is 2.25 bits per heavy atom. The summed E-state index contributed by atoms with van der Waals surface area (Å²) in [5.41, 5.74) is 0. The highest BCUT2D eigenvalue weighted by Gasteiger charge is 2.29. The Bertz CT molecular complexity index is 307. The number of likely N-dealkylation sites (tertiary alicyclic amines) is 1. The van der Waals surface area contributed by atoms with Gasteiger partial charge in [-0.15, -0.1) is 0 Å². The van der Waals surface area contributed by atoms with Gasteiger partial charge in [-0.3, -0.25) is 24.6 Å².